The van der Waals surface area contributed by atoms with Gasteiger partial charge in [0.15, 0.2) is 0 Å². The van der Waals surface area contributed by atoms with Crippen molar-refractivity contribution in [3.8, 4) is 0 Å². The van der Waals surface area contributed by atoms with Gasteiger partial charge in [0, 0.05) is 11.4 Å². The first-order valence-corrected chi connectivity index (χ1v) is 7.12. The smallest absolute Gasteiger partial charge is 0.126 e. The second kappa shape index (κ2) is 4.87. The summed E-state index contributed by atoms with van der Waals surface area (Å²) in [5.41, 5.74) is 2.66. The summed E-state index contributed by atoms with van der Waals surface area (Å²) < 4.78 is 13.9. The number of aryl methyl sites for hydroxylation is 2. The summed E-state index contributed by atoms with van der Waals surface area (Å²) in [7, 11) is 0. The number of fused-ring (bicyclic) bond motifs is 1. The van der Waals surface area contributed by atoms with Gasteiger partial charge in [-0.15, -0.1) is 0 Å². The number of aliphatic hydroxyl groups is 1. The van der Waals surface area contributed by atoms with E-state index in [1.54, 1.807) is 6.07 Å². The fourth-order valence-electron chi connectivity index (χ4n) is 3.00. The summed E-state index contributed by atoms with van der Waals surface area (Å²) in [6.07, 6.45) is 1.71. The van der Waals surface area contributed by atoms with E-state index in [1.165, 1.54) is 12.1 Å². The van der Waals surface area contributed by atoms with Crippen LogP contribution in [0.4, 0.5) is 4.39 Å². The zero-order valence-corrected chi connectivity index (χ0v) is 12.0. The summed E-state index contributed by atoms with van der Waals surface area (Å²) in [5.74, 6) is -0.316. The quantitative estimate of drug-likeness (QED) is 0.880. The van der Waals surface area contributed by atoms with Crippen LogP contribution in [0.5, 0.6) is 0 Å². The predicted molar refractivity (Wildman–Crippen MR) is 78.5 cm³/mol. The lowest BCUT2D eigenvalue weighted by molar-refractivity contribution is 0.0380. The SMILES string of the molecule is Cc1ccc2c(c1)C(O)(Cc1cc(Cl)ccc1F)CC2. The van der Waals surface area contributed by atoms with Gasteiger partial charge in [-0.05, 0) is 54.7 Å². The van der Waals surface area contributed by atoms with Crippen molar-refractivity contribution in [2.24, 2.45) is 0 Å². The first-order valence-electron chi connectivity index (χ1n) is 6.74. The predicted octanol–water partition coefficient (Wildman–Crippen LogP) is 4.16. The van der Waals surface area contributed by atoms with Gasteiger partial charge in [0.2, 0.25) is 0 Å². The van der Waals surface area contributed by atoms with Crippen molar-refractivity contribution in [1.82, 2.24) is 0 Å². The molecular formula is C17H16ClFO. The molecule has 0 amide bonds. The third kappa shape index (κ3) is 2.34. The summed E-state index contributed by atoms with van der Waals surface area (Å²) >= 11 is 5.92. The van der Waals surface area contributed by atoms with E-state index in [1.807, 2.05) is 19.1 Å². The van der Waals surface area contributed by atoms with Gasteiger partial charge >= 0.3 is 0 Å². The van der Waals surface area contributed by atoms with Gasteiger partial charge < -0.3 is 5.11 Å². The third-order valence-corrected chi connectivity index (χ3v) is 4.30. The first-order chi connectivity index (χ1) is 9.48. The van der Waals surface area contributed by atoms with Crippen molar-refractivity contribution in [3.05, 3.63) is 69.5 Å². The molecule has 2 aromatic rings. The van der Waals surface area contributed by atoms with Crippen molar-refractivity contribution in [1.29, 1.82) is 0 Å². The van der Waals surface area contributed by atoms with Gasteiger partial charge in [-0.1, -0.05) is 35.4 Å². The third-order valence-electron chi connectivity index (χ3n) is 4.07. The van der Waals surface area contributed by atoms with Crippen LogP contribution in [0.15, 0.2) is 36.4 Å². The van der Waals surface area contributed by atoms with E-state index in [9.17, 15) is 9.50 Å². The molecule has 0 radical (unpaired) electrons. The monoisotopic (exact) mass is 290 g/mol. The Morgan fingerprint density at radius 3 is 2.85 bits per heavy atom. The maximum Gasteiger partial charge on any atom is 0.126 e. The standard InChI is InChI=1S/C17H16ClFO/c1-11-2-3-12-6-7-17(20,15(12)8-11)10-13-9-14(18)4-5-16(13)19/h2-5,8-9,20H,6-7,10H2,1H3. The Hall–Kier alpha value is -1.38. The van der Waals surface area contributed by atoms with Gasteiger partial charge in [-0.25, -0.2) is 4.39 Å². The fourth-order valence-corrected chi connectivity index (χ4v) is 3.19. The number of hydrogen-bond donors (Lipinski definition) is 1. The van der Waals surface area contributed by atoms with Crippen LogP contribution in [0.3, 0.4) is 0 Å². The minimum atomic E-state index is -0.993. The Kier molecular flexibility index (Phi) is 3.31. The lowest BCUT2D eigenvalue weighted by Crippen LogP contribution is -2.26. The lowest BCUT2D eigenvalue weighted by atomic mass is 9.88. The number of hydrogen-bond acceptors (Lipinski definition) is 1. The summed E-state index contributed by atoms with van der Waals surface area (Å²) in [4.78, 5) is 0. The summed E-state index contributed by atoms with van der Waals surface area (Å²) in [6.45, 7) is 2.00. The van der Waals surface area contributed by atoms with Crippen molar-refractivity contribution in [2.75, 3.05) is 0 Å². The van der Waals surface area contributed by atoms with E-state index in [0.717, 1.165) is 23.1 Å². The molecule has 0 spiro atoms. The van der Waals surface area contributed by atoms with Crippen molar-refractivity contribution >= 4 is 11.6 Å². The van der Waals surface area contributed by atoms with Crippen LogP contribution in [0.2, 0.25) is 5.02 Å². The Morgan fingerprint density at radius 2 is 2.05 bits per heavy atom. The molecule has 0 aliphatic heterocycles. The summed E-state index contributed by atoms with van der Waals surface area (Å²) in [6, 6.07) is 10.6. The largest absolute Gasteiger partial charge is 0.385 e. The van der Waals surface area contributed by atoms with Gasteiger partial charge in [0.25, 0.3) is 0 Å². The molecule has 1 aliphatic rings. The van der Waals surface area contributed by atoms with Crippen molar-refractivity contribution < 1.29 is 9.50 Å². The van der Waals surface area contributed by atoms with Gasteiger partial charge in [0.05, 0.1) is 5.60 Å². The van der Waals surface area contributed by atoms with Crippen LogP contribution in [0.25, 0.3) is 0 Å². The van der Waals surface area contributed by atoms with E-state index in [-0.39, 0.29) is 12.2 Å². The molecule has 20 heavy (non-hydrogen) atoms. The van der Waals surface area contributed by atoms with E-state index in [2.05, 4.69) is 6.07 Å². The number of benzene rings is 2. The minimum Gasteiger partial charge on any atom is -0.385 e. The molecule has 1 N–H and O–H groups in total. The van der Waals surface area contributed by atoms with Gasteiger partial charge in [-0.2, -0.15) is 0 Å². The Bertz CT molecular complexity index is 668. The summed E-state index contributed by atoms with van der Waals surface area (Å²) in [5, 5.41) is 11.4. The average molecular weight is 291 g/mol. The van der Waals surface area contributed by atoms with Crippen LogP contribution in [-0.2, 0) is 18.4 Å². The zero-order valence-electron chi connectivity index (χ0n) is 11.3. The Balaban J connectivity index is 2.00. The molecule has 0 saturated heterocycles. The molecule has 1 unspecified atom stereocenters. The van der Waals surface area contributed by atoms with Gasteiger partial charge in [-0.3, -0.25) is 0 Å². The van der Waals surface area contributed by atoms with Gasteiger partial charge in [0.1, 0.15) is 5.82 Å². The highest BCUT2D eigenvalue weighted by Crippen LogP contribution is 2.40. The van der Waals surface area contributed by atoms with E-state index in [0.29, 0.717) is 17.0 Å². The zero-order chi connectivity index (χ0) is 14.3. The van der Waals surface area contributed by atoms with E-state index in [4.69, 9.17) is 11.6 Å². The highest BCUT2D eigenvalue weighted by Gasteiger charge is 2.37. The Labute approximate surface area is 123 Å². The number of rotatable bonds is 2. The molecule has 2 aromatic carbocycles. The van der Waals surface area contributed by atoms with E-state index >= 15 is 0 Å². The molecular weight excluding hydrogens is 275 g/mol. The molecule has 3 rings (SSSR count). The fraction of sp³-hybridized carbons (Fsp3) is 0.294. The molecule has 0 saturated carbocycles. The van der Waals surface area contributed by atoms with Crippen LogP contribution in [0.1, 0.15) is 28.7 Å². The second-order valence-corrected chi connectivity index (χ2v) is 6.04. The Morgan fingerprint density at radius 1 is 1.25 bits per heavy atom. The highest BCUT2D eigenvalue weighted by molar-refractivity contribution is 6.30. The average Bonchev–Trinajstić information content (AvgIpc) is 2.72. The highest BCUT2D eigenvalue weighted by atomic mass is 35.5. The molecule has 104 valence electrons. The first kappa shape index (κ1) is 13.6. The molecule has 0 fully saturated rings. The van der Waals surface area contributed by atoms with E-state index < -0.39 is 5.60 Å². The molecule has 0 heterocycles. The molecule has 0 aromatic heterocycles. The molecule has 1 aliphatic carbocycles. The molecule has 1 atom stereocenters. The molecule has 0 bridgehead atoms. The van der Waals surface area contributed by atoms with Crippen molar-refractivity contribution in [2.45, 2.75) is 31.8 Å². The van der Waals surface area contributed by atoms with Crippen LogP contribution < -0.4 is 0 Å². The lowest BCUT2D eigenvalue weighted by Gasteiger charge is -2.25. The second-order valence-electron chi connectivity index (χ2n) is 5.60. The van der Waals surface area contributed by atoms with Crippen LogP contribution >= 0.6 is 11.6 Å². The molecule has 3 heteroatoms. The minimum absolute atomic E-state index is 0.260. The normalized spacial score (nSPS) is 21.0. The maximum absolute atomic E-state index is 13.9. The van der Waals surface area contributed by atoms with Crippen molar-refractivity contribution in [3.63, 3.8) is 0 Å². The van der Waals surface area contributed by atoms with Crippen LogP contribution in [0, 0.1) is 12.7 Å². The van der Waals surface area contributed by atoms with Crippen LogP contribution in [-0.4, -0.2) is 5.11 Å². The molecule has 1 nitrogen and oxygen atoms in total. The maximum atomic E-state index is 13.9. The topological polar surface area (TPSA) is 20.2 Å². The number of halogens is 2.